The Labute approximate surface area is 134 Å². The summed E-state index contributed by atoms with van der Waals surface area (Å²) < 4.78 is 18.0. The number of ether oxygens (including phenoxy) is 1. The minimum Gasteiger partial charge on any atom is -0.496 e. The van der Waals surface area contributed by atoms with Gasteiger partial charge in [-0.3, -0.25) is 4.79 Å². The molecule has 1 N–H and O–H groups in total. The van der Waals surface area contributed by atoms with Crippen molar-refractivity contribution in [2.45, 2.75) is 12.8 Å². The van der Waals surface area contributed by atoms with E-state index in [1.807, 2.05) is 0 Å². The fourth-order valence-corrected chi connectivity index (χ4v) is 2.31. The highest BCUT2D eigenvalue weighted by Crippen LogP contribution is 2.22. The summed E-state index contributed by atoms with van der Waals surface area (Å²) in [7, 11) is 1.55. The van der Waals surface area contributed by atoms with Crippen LogP contribution in [-0.4, -0.2) is 19.6 Å². The quantitative estimate of drug-likeness (QED) is 0.885. The van der Waals surface area contributed by atoms with Gasteiger partial charge in [0.1, 0.15) is 11.6 Å². The molecule has 5 heteroatoms. The summed E-state index contributed by atoms with van der Waals surface area (Å²) in [5.41, 5.74) is 1.72. The topological polar surface area (TPSA) is 38.3 Å². The van der Waals surface area contributed by atoms with Crippen molar-refractivity contribution in [2.75, 3.05) is 13.7 Å². The Hall–Kier alpha value is -2.07. The van der Waals surface area contributed by atoms with Gasteiger partial charge in [-0.05, 0) is 42.3 Å². The first-order chi connectivity index (χ1) is 10.6. The molecule has 2 aromatic carbocycles. The van der Waals surface area contributed by atoms with Gasteiger partial charge in [0, 0.05) is 17.1 Å². The van der Waals surface area contributed by atoms with Gasteiger partial charge in [0.25, 0.3) is 0 Å². The zero-order valence-electron chi connectivity index (χ0n) is 12.2. The Morgan fingerprint density at radius 1 is 1.23 bits per heavy atom. The van der Waals surface area contributed by atoms with E-state index in [0.717, 1.165) is 11.1 Å². The summed E-state index contributed by atoms with van der Waals surface area (Å²) in [4.78, 5) is 12.0. The van der Waals surface area contributed by atoms with E-state index in [1.165, 1.54) is 12.1 Å². The van der Waals surface area contributed by atoms with Gasteiger partial charge in [-0.1, -0.05) is 23.7 Å². The van der Waals surface area contributed by atoms with Gasteiger partial charge in [0.05, 0.1) is 13.5 Å². The van der Waals surface area contributed by atoms with Crippen LogP contribution < -0.4 is 10.1 Å². The largest absolute Gasteiger partial charge is 0.496 e. The van der Waals surface area contributed by atoms with Crippen LogP contribution in [0.3, 0.4) is 0 Å². The number of amides is 1. The molecule has 0 bridgehead atoms. The van der Waals surface area contributed by atoms with Crippen molar-refractivity contribution in [2.24, 2.45) is 0 Å². The van der Waals surface area contributed by atoms with Gasteiger partial charge in [-0.25, -0.2) is 4.39 Å². The molecule has 22 heavy (non-hydrogen) atoms. The SMILES string of the molecule is COc1ccc(Cl)cc1CC(=O)NCCc1ccc(F)cc1. The van der Waals surface area contributed by atoms with Crippen LogP contribution in [0.15, 0.2) is 42.5 Å². The fourth-order valence-electron chi connectivity index (χ4n) is 2.12. The molecule has 0 unspecified atom stereocenters. The van der Waals surface area contributed by atoms with Gasteiger partial charge < -0.3 is 10.1 Å². The highest BCUT2D eigenvalue weighted by molar-refractivity contribution is 6.30. The number of carbonyl (C=O) groups excluding carboxylic acids is 1. The van der Waals surface area contributed by atoms with Crippen LogP contribution >= 0.6 is 11.6 Å². The standard InChI is InChI=1S/C17H17ClFNO2/c1-22-16-7-4-14(18)10-13(16)11-17(21)20-9-8-12-2-5-15(19)6-3-12/h2-7,10H,8-9,11H2,1H3,(H,20,21). The van der Waals surface area contributed by atoms with E-state index in [0.29, 0.717) is 23.7 Å². The van der Waals surface area contributed by atoms with Gasteiger partial charge in [0.2, 0.25) is 5.91 Å². The molecular weight excluding hydrogens is 305 g/mol. The van der Waals surface area contributed by atoms with Crippen LogP contribution in [0.5, 0.6) is 5.75 Å². The predicted octanol–water partition coefficient (Wildman–Crippen LogP) is 3.39. The second-order valence-corrected chi connectivity index (χ2v) is 5.30. The second kappa shape index (κ2) is 7.80. The first-order valence-corrected chi connectivity index (χ1v) is 7.30. The number of methoxy groups -OCH3 is 1. The van der Waals surface area contributed by atoms with Crippen LogP contribution in [0.25, 0.3) is 0 Å². The van der Waals surface area contributed by atoms with Crippen LogP contribution in [0.1, 0.15) is 11.1 Å². The van der Waals surface area contributed by atoms with Crippen molar-refractivity contribution in [3.63, 3.8) is 0 Å². The number of rotatable bonds is 6. The monoisotopic (exact) mass is 321 g/mol. The lowest BCUT2D eigenvalue weighted by Gasteiger charge is -2.09. The molecule has 0 spiro atoms. The molecule has 0 heterocycles. The molecule has 0 aliphatic carbocycles. The third kappa shape index (κ3) is 4.74. The zero-order valence-corrected chi connectivity index (χ0v) is 13.0. The van der Waals surface area contributed by atoms with Gasteiger partial charge >= 0.3 is 0 Å². The molecule has 0 aliphatic heterocycles. The van der Waals surface area contributed by atoms with Gasteiger partial charge in [0.15, 0.2) is 0 Å². The van der Waals surface area contributed by atoms with Crippen molar-refractivity contribution in [1.82, 2.24) is 5.32 Å². The number of nitrogens with one attached hydrogen (secondary N) is 1. The Morgan fingerprint density at radius 3 is 2.64 bits per heavy atom. The molecule has 3 nitrogen and oxygen atoms in total. The summed E-state index contributed by atoms with van der Waals surface area (Å²) in [5.74, 6) is 0.265. The maximum atomic E-state index is 12.8. The molecule has 0 atom stereocenters. The zero-order chi connectivity index (χ0) is 15.9. The Balaban J connectivity index is 1.85. The molecule has 0 aliphatic rings. The maximum absolute atomic E-state index is 12.8. The summed E-state index contributed by atoms with van der Waals surface area (Å²) in [6.45, 7) is 0.493. The predicted molar refractivity (Wildman–Crippen MR) is 84.8 cm³/mol. The summed E-state index contributed by atoms with van der Waals surface area (Å²) in [6, 6.07) is 11.4. The van der Waals surface area contributed by atoms with E-state index < -0.39 is 0 Å². The van der Waals surface area contributed by atoms with E-state index in [2.05, 4.69) is 5.32 Å². The highest BCUT2D eigenvalue weighted by atomic mass is 35.5. The van der Waals surface area contributed by atoms with Gasteiger partial charge in [-0.2, -0.15) is 0 Å². The molecule has 2 rings (SSSR count). The van der Waals surface area contributed by atoms with E-state index in [-0.39, 0.29) is 18.1 Å². The smallest absolute Gasteiger partial charge is 0.224 e. The number of hydrogen-bond donors (Lipinski definition) is 1. The average molecular weight is 322 g/mol. The van der Waals surface area contributed by atoms with Crippen molar-refractivity contribution in [3.8, 4) is 5.75 Å². The van der Waals surface area contributed by atoms with Crippen molar-refractivity contribution < 1.29 is 13.9 Å². The Bertz CT molecular complexity index is 644. The average Bonchev–Trinajstić information content (AvgIpc) is 2.49. The summed E-state index contributed by atoms with van der Waals surface area (Å²) >= 11 is 5.94. The number of halogens is 2. The van der Waals surface area contributed by atoms with Crippen LogP contribution in [0.2, 0.25) is 5.02 Å². The molecule has 0 fully saturated rings. The van der Waals surface area contributed by atoms with Crippen molar-refractivity contribution >= 4 is 17.5 Å². The van der Waals surface area contributed by atoms with Crippen LogP contribution in [0.4, 0.5) is 4.39 Å². The van der Waals surface area contributed by atoms with E-state index >= 15 is 0 Å². The normalized spacial score (nSPS) is 10.3. The van der Waals surface area contributed by atoms with Crippen LogP contribution in [0, 0.1) is 5.82 Å². The summed E-state index contributed by atoms with van der Waals surface area (Å²) in [5, 5.41) is 3.40. The lowest BCUT2D eigenvalue weighted by Crippen LogP contribution is -2.27. The van der Waals surface area contributed by atoms with Gasteiger partial charge in [-0.15, -0.1) is 0 Å². The fraction of sp³-hybridized carbons (Fsp3) is 0.235. The van der Waals surface area contributed by atoms with Crippen molar-refractivity contribution in [3.05, 3.63) is 64.4 Å². The maximum Gasteiger partial charge on any atom is 0.224 e. The van der Waals surface area contributed by atoms with E-state index in [4.69, 9.17) is 16.3 Å². The van der Waals surface area contributed by atoms with E-state index in [9.17, 15) is 9.18 Å². The molecule has 0 saturated heterocycles. The second-order valence-electron chi connectivity index (χ2n) is 4.86. The third-order valence-corrected chi connectivity index (χ3v) is 3.48. The Morgan fingerprint density at radius 2 is 1.95 bits per heavy atom. The molecule has 0 radical (unpaired) electrons. The number of carbonyl (C=O) groups is 1. The molecule has 2 aromatic rings. The van der Waals surface area contributed by atoms with E-state index in [1.54, 1.807) is 37.4 Å². The number of hydrogen-bond acceptors (Lipinski definition) is 2. The lowest BCUT2D eigenvalue weighted by atomic mass is 10.1. The first kappa shape index (κ1) is 16.3. The van der Waals surface area contributed by atoms with Crippen LogP contribution in [-0.2, 0) is 17.6 Å². The minimum absolute atomic E-state index is 0.109. The highest BCUT2D eigenvalue weighted by Gasteiger charge is 2.09. The molecule has 0 saturated carbocycles. The number of benzene rings is 2. The first-order valence-electron chi connectivity index (χ1n) is 6.92. The summed E-state index contributed by atoms with van der Waals surface area (Å²) in [6.07, 6.45) is 0.853. The molecule has 0 aromatic heterocycles. The molecule has 116 valence electrons. The Kier molecular flexibility index (Phi) is 5.78. The molecule has 1 amide bonds. The minimum atomic E-state index is -0.263. The van der Waals surface area contributed by atoms with Crippen molar-refractivity contribution in [1.29, 1.82) is 0 Å². The third-order valence-electron chi connectivity index (χ3n) is 3.24. The lowest BCUT2D eigenvalue weighted by molar-refractivity contribution is -0.120. The molecular formula is C17H17ClFNO2.